The van der Waals surface area contributed by atoms with E-state index in [1.807, 2.05) is 6.07 Å². The summed E-state index contributed by atoms with van der Waals surface area (Å²) in [6.45, 7) is 3.89. The molecule has 0 spiro atoms. The maximum atomic E-state index is 5.72. The maximum Gasteiger partial charge on any atom is 0.207 e. The Kier molecular flexibility index (Phi) is 9.34. The average Bonchev–Trinajstić information content (AvgIpc) is 2.43. The van der Waals surface area contributed by atoms with Gasteiger partial charge in [-0.1, -0.05) is 57.9 Å². The number of hydrogen-bond acceptors (Lipinski definition) is 1. The van der Waals surface area contributed by atoms with Crippen molar-refractivity contribution >= 4 is 0 Å². The summed E-state index contributed by atoms with van der Waals surface area (Å²) in [5.74, 6) is 0. The summed E-state index contributed by atoms with van der Waals surface area (Å²) in [7, 11) is 2.06. The summed E-state index contributed by atoms with van der Waals surface area (Å²) in [6, 6.07) is 6.23. The van der Waals surface area contributed by atoms with Crippen LogP contribution in [-0.4, -0.2) is 6.61 Å². The topological polar surface area (TPSA) is 13.1 Å². The van der Waals surface area contributed by atoms with Gasteiger partial charge in [-0.05, 0) is 6.42 Å². The van der Waals surface area contributed by atoms with Crippen LogP contribution in [0.15, 0.2) is 24.4 Å². The molecule has 0 aliphatic rings. The molecule has 0 atom stereocenters. The van der Waals surface area contributed by atoms with Gasteiger partial charge in [0.25, 0.3) is 0 Å². The molecule has 19 heavy (non-hydrogen) atoms. The lowest BCUT2D eigenvalue weighted by Gasteiger charge is -2.03. The van der Waals surface area contributed by atoms with Gasteiger partial charge >= 0.3 is 0 Å². The van der Waals surface area contributed by atoms with Crippen molar-refractivity contribution in [1.29, 1.82) is 0 Å². The molecule has 1 rings (SSSR count). The first-order valence-corrected chi connectivity index (χ1v) is 7.86. The zero-order valence-corrected chi connectivity index (χ0v) is 12.7. The lowest BCUT2D eigenvalue weighted by molar-refractivity contribution is -0.681. The van der Waals surface area contributed by atoms with Crippen molar-refractivity contribution in [3.8, 4) is 0 Å². The van der Waals surface area contributed by atoms with E-state index in [-0.39, 0.29) is 0 Å². The third-order valence-corrected chi connectivity index (χ3v) is 3.55. The largest absolute Gasteiger partial charge is 0.370 e. The van der Waals surface area contributed by atoms with Crippen LogP contribution in [0, 0.1) is 0 Å². The molecule has 0 saturated heterocycles. The Balaban J connectivity index is 1.90. The van der Waals surface area contributed by atoms with E-state index in [0.717, 1.165) is 13.2 Å². The quantitative estimate of drug-likeness (QED) is 0.432. The molecule has 2 heteroatoms. The molecule has 0 amide bonds. The van der Waals surface area contributed by atoms with Crippen LogP contribution in [-0.2, 0) is 18.4 Å². The highest BCUT2D eigenvalue weighted by Crippen LogP contribution is 2.08. The van der Waals surface area contributed by atoms with Gasteiger partial charge in [-0.15, -0.1) is 0 Å². The second-order valence-corrected chi connectivity index (χ2v) is 5.33. The van der Waals surface area contributed by atoms with Gasteiger partial charge in [-0.25, -0.2) is 4.57 Å². The van der Waals surface area contributed by atoms with Crippen LogP contribution in [0.5, 0.6) is 0 Å². The Morgan fingerprint density at radius 3 is 2.32 bits per heavy atom. The molecule has 1 aromatic rings. The molecular formula is C17H30NO+. The molecular weight excluding hydrogens is 234 g/mol. The highest BCUT2D eigenvalue weighted by Gasteiger charge is 2.03. The highest BCUT2D eigenvalue weighted by molar-refractivity contribution is 4.95. The first-order valence-electron chi connectivity index (χ1n) is 7.86. The maximum absolute atomic E-state index is 5.72. The fraction of sp³-hybridized carbons (Fsp3) is 0.706. The molecule has 0 saturated carbocycles. The molecule has 0 aliphatic heterocycles. The summed E-state index contributed by atoms with van der Waals surface area (Å²) in [4.78, 5) is 0. The number of nitrogens with zero attached hydrogens (tertiary/aromatic N) is 1. The van der Waals surface area contributed by atoms with Crippen LogP contribution in [0.25, 0.3) is 0 Å². The summed E-state index contributed by atoms with van der Waals surface area (Å²) < 4.78 is 7.84. The zero-order chi connectivity index (χ0) is 13.8. The van der Waals surface area contributed by atoms with Crippen LogP contribution in [0.4, 0.5) is 0 Å². The Labute approximate surface area is 118 Å². The standard InChI is InChI=1S/C17H30NO/c1-3-4-5-6-7-8-9-12-15-19-16-17-13-10-11-14-18(17)2/h10-11,13-14H,3-9,12,15-16H2,1-2H3/q+1. The zero-order valence-electron chi connectivity index (χ0n) is 12.7. The first kappa shape index (κ1) is 16.2. The van der Waals surface area contributed by atoms with Crippen molar-refractivity contribution in [2.75, 3.05) is 6.61 Å². The number of pyridine rings is 1. The Hall–Kier alpha value is -0.890. The number of unbranched alkanes of at least 4 members (excludes halogenated alkanes) is 7. The summed E-state index contributed by atoms with van der Waals surface area (Å²) >= 11 is 0. The van der Waals surface area contributed by atoms with Crippen LogP contribution in [0.1, 0.15) is 64.0 Å². The van der Waals surface area contributed by atoms with Crippen LogP contribution in [0.3, 0.4) is 0 Å². The van der Waals surface area contributed by atoms with Crippen LogP contribution >= 0.6 is 0 Å². The fourth-order valence-corrected chi connectivity index (χ4v) is 2.22. The lowest BCUT2D eigenvalue weighted by Crippen LogP contribution is -2.33. The number of hydrogen-bond donors (Lipinski definition) is 0. The van der Waals surface area contributed by atoms with E-state index in [1.165, 1.54) is 57.1 Å². The van der Waals surface area contributed by atoms with Gasteiger partial charge in [0.05, 0.1) is 0 Å². The first-order chi connectivity index (χ1) is 9.34. The van der Waals surface area contributed by atoms with Gasteiger partial charge in [0, 0.05) is 18.7 Å². The van der Waals surface area contributed by atoms with E-state index in [2.05, 4.69) is 36.9 Å². The van der Waals surface area contributed by atoms with E-state index >= 15 is 0 Å². The van der Waals surface area contributed by atoms with E-state index < -0.39 is 0 Å². The predicted octanol–water partition coefficient (Wildman–Crippen LogP) is 4.17. The van der Waals surface area contributed by atoms with Crippen molar-refractivity contribution in [1.82, 2.24) is 0 Å². The molecule has 0 bridgehead atoms. The van der Waals surface area contributed by atoms with Crippen LogP contribution in [0.2, 0.25) is 0 Å². The second kappa shape index (κ2) is 11.0. The van der Waals surface area contributed by atoms with Crippen LogP contribution < -0.4 is 4.57 Å². The number of aromatic nitrogens is 1. The summed E-state index contributed by atoms with van der Waals surface area (Å²) in [6.07, 6.45) is 12.9. The van der Waals surface area contributed by atoms with Gasteiger partial charge in [0.15, 0.2) is 6.20 Å². The minimum absolute atomic E-state index is 0.730. The summed E-state index contributed by atoms with van der Waals surface area (Å²) in [5, 5.41) is 0. The van der Waals surface area contributed by atoms with Crippen molar-refractivity contribution < 1.29 is 9.30 Å². The lowest BCUT2D eigenvalue weighted by atomic mass is 10.1. The van der Waals surface area contributed by atoms with Crippen molar-refractivity contribution in [2.24, 2.45) is 7.05 Å². The molecule has 108 valence electrons. The van der Waals surface area contributed by atoms with Gasteiger partial charge in [0.2, 0.25) is 5.69 Å². The monoisotopic (exact) mass is 264 g/mol. The van der Waals surface area contributed by atoms with E-state index in [1.54, 1.807) is 0 Å². The third-order valence-electron chi connectivity index (χ3n) is 3.55. The minimum Gasteiger partial charge on any atom is -0.370 e. The highest BCUT2D eigenvalue weighted by atomic mass is 16.5. The second-order valence-electron chi connectivity index (χ2n) is 5.33. The Morgan fingerprint density at radius 2 is 1.63 bits per heavy atom. The molecule has 1 heterocycles. The normalized spacial score (nSPS) is 10.8. The molecule has 0 aliphatic carbocycles. The molecule has 0 fully saturated rings. The van der Waals surface area contributed by atoms with Gasteiger partial charge in [0.1, 0.15) is 13.7 Å². The average molecular weight is 264 g/mol. The molecule has 0 radical (unpaired) electrons. The van der Waals surface area contributed by atoms with Crippen molar-refractivity contribution in [3.63, 3.8) is 0 Å². The van der Waals surface area contributed by atoms with E-state index in [9.17, 15) is 0 Å². The van der Waals surface area contributed by atoms with Crippen molar-refractivity contribution in [3.05, 3.63) is 30.1 Å². The smallest absolute Gasteiger partial charge is 0.207 e. The van der Waals surface area contributed by atoms with Gasteiger partial charge in [-0.3, -0.25) is 0 Å². The van der Waals surface area contributed by atoms with E-state index in [4.69, 9.17) is 4.74 Å². The molecule has 0 unspecified atom stereocenters. The van der Waals surface area contributed by atoms with Crippen molar-refractivity contribution in [2.45, 2.75) is 64.9 Å². The Bertz CT molecular complexity index is 325. The molecule has 2 nitrogen and oxygen atoms in total. The summed E-state index contributed by atoms with van der Waals surface area (Å²) in [5.41, 5.74) is 1.24. The molecule has 0 aromatic carbocycles. The third kappa shape index (κ3) is 7.99. The number of ether oxygens (including phenoxy) is 1. The number of rotatable bonds is 11. The fourth-order valence-electron chi connectivity index (χ4n) is 2.22. The molecule has 0 N–H and O–H groups in total. The predicted molar refractivity (Wildman–Crippen MR) is 79.9 cm³/mol. The Morgan fingerprint density at radius 1 is 0.947 bits per heavy atom. The number of aryl methyl sites for hydroxylation is 1. The van der Waals surface area contributed by atoms with Gasteiger partial charge < -0.3 is 4.74 Å². The minimum atomic E-state index is 0.730. The van der Waals surface area contributed by atoms with E-state index in [0.29, 0.717) is 0 Å². The molecule has 1 aromatic heterocycles. The van der Waals surface area contributed by atoms with Gasteiger partial charge in [-0.2, -0.15) is 0 Å². The SMILES string of the molecule is CCCCCCCCCCOCc1cccc[n+]1C.